The number of nitrogens with zero attached hydrogens (tertiary/aromatic N) is 4. The van der Waals surface area contributed by atoms with Gasteiger partial charge in [0.25, 0.3) is 0 Å². The quantitative estimate of drug-likeness (QED) is 0.669. The van der Waals surface area contributed by atoms with Crippen LogP contribution in [0.2, 0.25) is 5.02 Å². The second-order valence-electron chi connectivity index (χ2n) is 5.61. The minimum absolute atomic E-state index is 0.384. The van der Waals surface area contributed by atoms with Gasteiger partial charge in [0, 0.05) is 18.1 Å². The molecule has 0 unspecified atom stereocenters. The third kappa shape index (κ3) is 4.40. The Hall–Kier alpha value is -2.86. The van der Waals surface area contributed by atoms with Crippen molar-refractivity contribution >= 4 is 29.1 Å². The molecule has 26 heavy (non-hydrogen) atoms. The van der Waals surface area contributed by atoms with Crippen molar-refractivity contribution in [1.29, 1.82) is 0 Å². The number of nitrogens with one attached hydrogen (secondary N) is 1. The van der Waals surface area contributed by atoms with E-state index in [4.69, 9.17) is 16.3 Å². The van der Waals surface area contributed by atoms with Crippen molar-refractivity contribution in [2.75, 3.05) is 23.9 Å². The van der Waals surface area contributed by atoms with E-state index in [-0.39, 0.29) is 0 Å². The van der Waals surface area contributed by atoms with Crippen molar-refractivity contribution in [3.8, 4) is 5.75 Å². The Morgan fingerprint density at radius 2 is 1.96 bits per heavy atom. The Morgan fingerprint density at radius 3 is 2.69 bits per heavy atom. The highest BCUT2D eigenvalue weighted by Gasteiger charge is 2.11. The van der Waals surface area contributed by atoms with Gasteiger partial charge in [0.15, 0.2) is 5.82 Å². The highest BCUT2D eigenvalue weighted by atomic mass is 35.5. The average molecular weight is 370 g/mol. The molecule has 1 heterocycles. The van der Waals surface area contributed by atoms with Gasteiger partial charge >= 0.3 is 0 Å². The topological polar surface area (TPSA) is 63.2 Å². The number of anilines is 3. The van der Waals surface area contributed by atoms with E-state index >= 15 is 0 Å². The molecular weight excluding hydrogens is 350 g/mol. The van der Waals surface area contributed by atoms with Gasteiger partial charge in [-0.25, -0.2) is 0 Å². The first-order valence-electron chi connectivity index (χ1n) is 8.28. The number of benzene rings is 2. The normalized spacial score (nSPS) is 10.4. The Labute approximate surface area is 157 Å². The van der Waals surface area contributed by atoms with E-state index in [1.807, 2.05) is 18.2 Å². The van der Waals surface area contributed by atoms with Gasteiger partial charge in [-0.15, -0.1) is 5.10 Å². The van der Waals surface area contributed by atoms with Crippen LogP contribution in [0.4, 0.5) is 17.5 Å². The maximum Gasteiger partial charge on any atom is 0.249 e. The summed E-state index contributed by atoms with van der Waals surface area (Å²) in [5, 5.41) is 11.9. The van der Waals surface area contributed by atoms with Crippen molar-refractivity contribution in [2.24, 2.45) is 0 Å². The Morgan fingerprint density at radius 1 is 1.15 bits per heavy atom. The first kappa shape index (κ1) is 17.9. The third-order valence-corrected chi connectivity index (χ3v) is 4.11. The van der Waals surface area contributed by atoms with Gasteiger partial charge in [0.2, 0.25) is 5.95 Å². The number of methoxy groups -OCH3 is 1. The summed E-state index contributed by atoms with van der Waals surface area (Å²) in [7, 11) is 1.60. The van der Waals surface area contributed by atoms with Crippen LogP contribution in [0.15, 0.2) is 54.7 Å². The van der Waals surface area contributed by atoms with Gasteiger partial charge in [0.05, 0.1) is 19.0 Å². The summed E-state index contributed by atoms with van der Waals surface area (Å²) in [4.78, 5) is 6.71. The summed E-state index contributed by atoms with van der Waals surface area (Å²) < 4.78 is 5.34. The lowest BCUT2D eigenvalue weighted by Gasteiger charge is -2.22. The number of hydrogen-bond donors (Lipinski definition) is 1. The van der Waals surface area contributed by atoms with Crippen LogP contribution in [0.3, 0.4) is 0 Å². The maximum absolute atomic E-state index is 6.07. The lowest BCUT2D eigenvalue weighted by atomic mass is 10.2. The lowest BCUT2D eigenvalue weighted by molar-refractivity contribution is 0.417. The van der Waals surface area contributed by atoms with E-state index in [2.05, 4.69) is 44.5 Å². The smallest absolute Gasteiger partial charge is 0.249 e. The summed E-state index contributed by atoms with van der Waals surface area (Å²) in [5.41, 5.74) is 1.89. The Kier molecular flexibility index (Phi) is 5.86. The van der Waals surface area contributed by atoms with Gasteiger partial charge in [-0.1, -0.05) is 41.9 Å². The predicted molar refractivity (Wildman–Crippen MR) is 104 cm³/mol. The molecule has 0 spiro atoms. The lowest BCUT2D eigenvalue weighted by Crippen LogP contribution is -2.23. The fourth-order valence-electron chi connectivity index (χ4n) is 2.56. The highest BCUT2D eigenvalue weighted by Crippen LogP contribution is 2.29. The van der Waals surface area contributed by atoms with E-state index in [1.54, 1.807) is 31.5 Å². The molecule has 0 amide bonds. The van der Waals surface area contributed by atoms with Crippen LogP contribution < -0.4 is 15.0 Å². The van der Waals surface area contributed by atoms with E-state index in [9.17, 15) is 0 Å². The molecule has 3 aromatic rings. The van der Waals surface area contributed by atoms with Crippen molar-refractivity contribution in [3.05, 3.63) is 65.3 Å². The van der Waals surface area contributed by atoms with Crippen LogP contribution in [-0.2, 0) is 6.54 Å². The van der Waals surface area contributed by atoms with E-state index in [0.717, 1.165) is 18.9 Å². The van der Waals surface area contributed by atoms with Gasteiger partial charge in [-0.3, -0.25) is 0 Å². The van der Waals surface area contributed by atoms with Crippen molar-refractivity contribution in [3.63, 3.8) is 0 Å². The molecule has 0 atom stereocenters. The maximum atomic E-state index is 6.07. The van der Waals surface area contributed by atoms with Gasteiger partial charge < -0.3 is 15.0 Å². The van der Waals surface area contributed by atoms with Crippen molar-refractivity contribution in [1.82, 2.24) is 15.2 Å². The second-order valence-corrected chi connectivity index (χ2v) is 6.04. The Bertz CT molecular complexity index is 860. The van der Waals surface area contributed by atoms with E-state index in [1.165, 1.54) is 5.56 Å². The summed E-state index contributed by atoms with van der Waals surface area (Å²) in [6, 6.07) is 15.6. The first-order chi connectivity index (χ1) is 12.7. The van der Waals surface area contributed by atoms with Crippen molar-refractivity contribution < 1.29 is 4.74 Å². The van der Waals surface area contributed by atoms with Crippen LogP contribution in [0, 0.1) is 0 Å². The second kappa shape index (κ2) is 8.49. The van der Waals surface area contributed by atoms with Crippen LogP contribution >= 0.6 is 11.6 Å². The zero-order valence-corrected chi connectivity index (χ0v) is 15.4. The predicted octanol–water partition coefficient (Wildman–Crippen LogP) is 4.30. The molecule has 0 aliphatic heterocycles. The largest absolute Gasteiger partial charge is 0.495 e. The molecule has 1 aromatic heterocycles. The molecule has 0 saturated carbocycles. The number of rotatable bonds is 7. The monoisotopic (exact) mass is 369 g/mol. The van der Waals surface area contributed by atoms with Crippen LogP contribution in [0.5, 0.6) is 5.75 Å². The number of halogens is 1. The number of aromatic nitrogens is 3. The average Bonchev–Trinajstić information content (AvgIpc) is 2.67. The van der Waals surface area contributed by atoms with E-state index < -0.39 is 0 Å². The van der Waals surface area contributed by atoms with Crippen LogP contribution in [-0.4, -0.2) is 28.8 Å². The van der Waals surface area contributed by atoms with Crippen LogP contribution in [0.25, 0.3) is 0 Å². The summed E-state index contributed by atoms with van der Waals surface area (Å²) >= 11 is 6.07. The van der Waals surface area contributed by atoms with Gasteiger partial charge in [0.1, 0.15) is 5.75 Å². The summed E-state index contributed by atoms with van der Waals surface area (Å²) in [6.45, 7) is 3.63. The molecule has 2 aromatic carbocycles. The number of ether oxygens (including phenoxy) is 1. The third-order valence-electron chi connectivity index (χ3n) is 3.88. The molecule has 1 N–H and O–H groups in total. The molecule has 6 nitrogen and oxygen atoms in total. The van der Waals surface area contributed by atoms with Crippen LogP contribution in [0.1, 0.15) is 12.5 Å². The molecular formula is C19H20ClN5O. The zero-order chi connectivity index (χ0) is 18.4. The SMILES string of the molecule is CCN(Cc1ccccc1)c1cnnc(Nc2cc(Cl)ccc2OC)n1. The molecule has 0 aliphatic carbocycles. The standard InChI is InChI=1S/C19H20ClN5O/c1-3-25(13-14-7-5-4-6-8-14)18-12-21-24-19(23-18)22-16-11-15(20)9-10-17(16)26-2/h4-12H,3,13H2,1-2H3,(H,22,23,24). The van der Waals surface area contributed by atoms with E-state index in [0.29, 0.717) is 22.4 Å². The Balaban J connectivity index is 1.82. The minimum Gasteiger partial charge on any atom is -0.495 e. The molecule has 0 saturated heterocycles. The highest BCUT2D eigenvalue weighted by molar-refractivity contribution is 6.31. The first-order valence-corrected chi connectivity index (χ1v) is 8.66. The molecule has 0 fully saturated rings. The molecule has 134 valence electrons. The zero-order valence-electron chi connectivity index (χ0n) is 14.7. The number of hydrogen-bond acceptors (Lipinski definition) is 6. The van der Waals surface area contributed by atoms with Crippen molar-refractivity contribution in [2.45, 2.75) is 13.5 Å². The summed E-state index contributed by atoms with van der Waals surface area (Å²) in [6.07, 6.45) is 1.66. The van der Waals surface area contributed by atoms with Gasteiger partial charge in [-0.05, 0) is 30.7 Å². The fraction of sp³-hybridized carbons (Fsp3) is 0.211. The molecule has 3 rings (SSSR count). The molecule has 0 aliphatic rings. The minimum atomic E-state index is 0.384. The molecule has 0 bridgehead atoms. The summed E-state index contributed by atoms with van der Waals surface area (Å²) in [5.74, 6) is 1.78. The van der Waals surface area contributed by atoms with Gasteiger partial charge in [-0.2, -0.15) is 10.1 Å². The molecule has 0 radical (unpaired) electrons. The fourth-order valence-corrected chi connectivity index (χ4v) is 2.73. The molecule has 7 heteroatoms.